The van der Waals surface area contributed by atoms with Gasteiger partial charge in [0, 0.05) is 11.6 Å². The molecule has 11 heavy (non-hydrogen) atoms. The van der Waals surface area contributed by atoms with Crippen molar-refractivity contribution in [2.45, 2.75) is 25.8 Å². The molecule has 1 aliphatic heterocycles. The second kappa shape index (κ2) is 2.52. The van der Waals surface area contributed by atoms with Crippen molar-refractivity contribution in [1.29, 1.82) is 0 Å². The van der Waals surface area contributed by atoms with Gasteiger partial charge in [-0.05, 0) is 19.8 Å². The average molecular weight is 171 g/mol. The molecule has 0 aromatic carbocycles. The zero-order valence-electron chi connectivity index (χ0n) is 6.47. The molecular weight excluding hydrogens is 160 g/mol. The third kappa shape index (κ3) is 1.27. The van der Waals surface area contributed by atoms with Crippen LogP contribution in [0.4, 0.5) is 0 Å². The molecule has 1 fully saturated rings. The number of nitrogens with one attached hydrogen (secondary N) is 1. The Morgan fingerprint density at radius 1 is 1.64 bits per heavy atom. The summed E-state index contributed by atoms with van der Waals surface area (Å²) in [6.45, 7) is 2.02. The summed E-state index contributed by atoms with van der Waals surface area (Å²) < 4.78 is 0. The van der Waals surface area contributed by atoms with E-state index in [0.717, 1.165) is 5.03 Å². The zero-order chi connectivity index (χ0) is 7.84. The molecule has 1 N–H and O–H groups in total. The fraction of sp³-hybridized carbons (Fsp3) is 0.625. The van der Waals surface area contributed by atoms with E-state index >= 15 is 0 Å². The standard InChI is InChI=1S/C8H11ClN2/c1-5-7(9)8(6-2-3-6)11-4-10-5/h4-6H,2-3H2,1H3,(H,10,11). The molecule has 1 saturated carbocycles. The van der Waals surface area contributed by atoms with E-state index in [4.69, 9.17) is 11.6 Å². The fourth-order valence-corrected chi connectivity index (χ4v) is 1.53. The van der Waals surface area contributed by atoms with Gasteiger partial charge in [-0.1, -0.05) is 11.6 Å². The maximum atomic E-state index is 6.07. The Labute approximate surface area is 71.3 Å². The first-order valence-corrected chi connectivity index (χ1v) is 4.34. The highest BCUT2D eigenvalue weighted by molar-refractivity contribution is 6.31. The lowest BCUT2D eigenvalue weighted by atomic mass is 10.2. The smallest absolute Gasteiger partial charge is 0.0873 e. The molecular formula is C8H11ClN2. The van der Waals surface area contributed by atoms with Crippen molar-refractivity contribution < 1.29 is 0 Å². The number of rotatable bonds is 1. The minimum atomic E-state index is 0.161. The summed E-state index contributed by atoms with van der Waals surface area (Å²) in [5.41, 5.74) is 1.20. The van der Waals surface area contributed by atoms with E-state index < -0.39 is 0 Å². The van der Waals surface area contributed by atoms with Crippen molar-refractivity contribution in [2.75, 3.05) is 0 Å². The van der Waals surface area contributed by atoms with Crippen LogP contribution in [-0.4, -0.2) is 12.4 Å². The first kappa shape index (κ1) is 7.17. The molecule has 60 valence electrons. The summed E-state index contributed by atoms with van der Waals surface area (Å²) in [5, 5.41) is 4.02. The van der Waals surface area contributed by atoms with Crippen molar-refractivity contribution in [3.63, 3.8) is 0 Å². The van der Waals surface area contributed by atoms with Gasteiger partial charge in [0.25, 0.3) is 0 Å². The molecule has 0 radical (unpaired) electrons. The van der Waals surface area contributed by atoms with E-state index in [1.807, 2.05) is 6.92 Å². The second-order valence-electron chi connectivity index (χ2n) is 3.13. The lowest BCUT2D eigenvalue weighted by molar-refractivity contribution is 0.797. The third-order valence-electron chi connectivity index (χ3n) is 2.13. The van der Waals surface area contributed by atoms with Gasteiger partial charge in [0.1, 0.15) is 0 Å². The van der Waals surface area contributed by atoms with Crippen molar-refractivity contribution in [3.05, 3.63) is 10.7 Å². The van der Waals surface area contributed by atoms with Crippen LogP contribution in [0.5, 0.6) is 0 Å². The second-order valence-corrected chi connectivity index (χ2v) is 3.54. The molecule has 0 amide bonds. The molecule has 0 aromatic rings. The van der Waals surface area contributed by atoms with Crippen molar-refractivity contribution in [2.24, 2.45) is 10.9 Å². The molecule has 2 rings (SSSR count). The number of hydrogen-bond acceptors (Lipinski definition) is 2. The number of allylic oxidation sites excluding steroid dienone is 1. The molecule has 2 aliphatic rings. The molecule has 1 atom stereocenters. The molecule has 0 spiro atoms. The fourth-order valence-electron chi connectivity index (χ4n) is 1.26. The predicted molar refractivity (Wildman–Crippen MR) is 46.7 cm³/mol. The highest BCUT2D eigenvalue weighted by Gasteiger charge is 2.30. The Hall–Kier alpha value is -0.500. The van der Waals surface area contributed by atoms with Crippen LogP contribution in [0.25, 0.3) is 0 Å². The minimum absolute atomic E-state index is 0.161. The summed E-state index contributed by atoms with van der Waals surface area (Å²) in [7, 11) is 0. The number of halogens is 1. The SMILES string of the molecule is CC1N=CNC(C2CC2)=C1Cl. The van der Waals surface area contributed by atoms with Gasteiger partial charge in [-0.25, -0.2) is 0 Å². The Balaban J connectivity index is 2.20. The summed E-state index contributed by atoms with van der Waals surface area (Å²) in [5.74, 6) is 0.691. The van der Waals surface area contributed by atoms with E-state index in [1.54, 1.807) is 6.34 Å². The van der Waals surface area contributed by atoms with Gasteiger partial charge >= 0.3 is 0 Å². The number of aliphatic imine (C=N–C) groups is 1. The van der Waals surface area contributed by atoms with E-state index in [0.29, 0.717) is 5.92 Å². The van der Waals surface area contributed by atoms with Crippen LogP contribution in [0.3, 0.4) is 0 Å². The highest BCUT2D eigenvalue weighted by Crippen LogP contribution is 2.38. The molecule has 1 aliphatic carbocycles. The van der Waals surface area contributed by atoms with Gasteiger partial charge in [-0.3, -0.25) is 4.99 Å². The Kier molecular flexibility index (Phi) is 1.64. The zero-order valence-corrected chi connectivity index (χ0v) is 7.23. The maximum Gasteiger partial charge on any atom is 0.0873 e. The summed E-state index contributed by atoms with van der Waals surface area (Å²) in [6, 6.07) is 0.161. The van der Waals surface area contributed by atoms with Crippen molar-refractivity contribution >= 4 is 17.9 Å². The normalized spacial score (nSPS) is 30.5. The monoisotopic (exact) mass is 170 g/mol. The Morgan fingerprint density at radius 2 is 2.36 bits per heavy atom. The van der Waals surface area contributed by atoms with E-state index in [2.05, 4.69) is 10.3 Å². The molecule has 0 saturated heterocycles. The topological polar surface area (TPSA) is 24.4 Å². The van der Waals surface area contributed by atoms with Crippen LogP contribution >= 0.6 is 11.6 Å². The number of hydrogen-bond donors (Lipinski definition) is 1. The first-order valence-electron chi connectivity index (χ1n) is 3.97. The van der Waals surface area contributed by atoms with Gasteiger partial charge < -0.3 is 5.32 Å². The first-order chi connectivity index (χ1) is 5.29. The van der Waals surface area contributed by atoms with Crippen LogP contribution < -0.4 is 5.32 Å². The quantitative estimate of drug-likeness (QED) is 0.639. The largest absolute Gasteiger partial charge is 0.349 e. The maximum absolute atomic E-state index is 6.07. The molecule has 2 nitrogen and oxygen atoms in total. The highest BCUT2D eigenvalue weighted by atomic mass is 35.5. The Morgan fingerprint density at radius 3 is 3.00 bits per heavy atom. The molecule has 3 heteroatoms. The van der Waals surface area contributed by atoms with E-state index in [9.17, 15) is 0 Å². The van der Waals surface area contributed by atoms with E-state index in [1.165, 1.54) is 18.5 Å². The van der Waals surface area contributed by atoms with Crippen LogP contribution in [0.1, 0.15) is 19.8 Å². The van der Waals surface area contributed by atoms with Crippen LogP contribution in [-0.2, 0) is 0 Å². The van der Waals surface area contributed by atoms with Gasteiger partial charge in [0.2, 0.25) is 0 Å². The summed E-state index contributed by atoms with van der Waals surface area (Å²) in [6.07, 6.45) is 4.31. The summed E-state index contributed by atoms with van der Waals surface area (Å²) >= 11 is 6.07. The lowest BCUT2D eigenvalue weighted by Crippen LogP contribution is -2.22. The van der Waals surface area contributed by atoms with E-state index in [-0.39, 0.29) is 6.04 Å². The average Bonchev–Trinajstić information content (AvgIpc) is 2.77. The Bertz CT molecular complexity index is 228. The van der Waals surface area contributed by atoms with Crippen LogP contribution in [0, 0.1) is 5.92 Å². The van der Waals surface area contributed by atoms with Gasteiger partial charge in [-0.2, -0.15) is 0 Å². The molecule has 0 bridgehead atoms. The van der Waals surface area contributed by atoms with Gasteiger partial charge in [0.15, 0.2) is 0 Å². The van der Waals surface area contributed by atoms with Crippen molar-refractivity contribution in [3.8, 4) is 0 Å². The molecule has 1 heterocycles. The minimum Gasteiger partial charge on any atom is -0.349 e. The number of nitrogens with zero attached hydrogens (tertiary/aromatic N) is 1. The van der Waals surface area contributed by atoms with Gasteiger partial charge in [0.05, 0.1) is 17.4 Å². The predicted octanol–water partition coefficient (Wildman–Crippen LogP) is 1.87. The van der Waals surface area contributed by atoms with Gasteiger partial charge in [-0.15, -0.1) is 0 Å². The third-order valence-corrected chi connectivity index (χ3v) is 2.65. The molecule has 0 aromatic heterocycles. The summed E-state index contributed by atoms with van der Waals surface area (Å²) in [4.78, 5) is 4.15. The van der Waals surface area contributed by atoms with Crippen LogP contribution in [0.15, 0.2) is 15.7 Å². The molecule has 1 unspecified atom stereocenters. The lowest BCUT2D eigenvalue weighted by Gasteiger charge is -2.17. The van der Waals surface area contributed by atoms with Crippen molar-refractivity contribution in [1.82, 2.24) is 5.32 Å². The van der Waals surface area contributed by atoms with Crippen LogP contribution in [0.2, 0.25) is 0 Å².